The van der Waals surface area contributed by atoms with E-state index < -0.39 is 30.4 Å². The summed E-state index contributed by atoms with van der Waals surface area (Å²) < 4.78 is 4.90. The lowest BCUT2D eigenvalue weighted by molar-refractivity contribution is -0.148. The zero-order valence-electron chi connectivity index (χ0n) is 14.1. The van der Waals surface area contributed by atoms with Crippen LogP contribution in [0.2, 0.25) is 0 Å². The molecule has 2 amide bonds. The van der Waals surface area contributed by atoms with E-state index in [1.54, 1.807) is 54.6 Å². The molecule has 2 N–H and O–H groups in total. The molecule has 1 atom stereocenters. The zero-order valence-corrected chi connectivity index (χ0v) is 14.1. The van der Waals surface area contributed by atoms with Crippen LogP contribution in [0.3, 0.4) is 0 Å². The molecule has 7 nitrogen and oxygen atoms in total. The summed E-state index contributed by atoms with van der Waals surface area (Å²) in [6, 6.07) is 15.9. The minimum absolute atomic E-state index is 0.302. The molecular weight excluding hydrogens is 334 g/mol. The zero-order chi connectivity index (χ0) is 18.9. The van der Waals surface area contributed by atoms with Crippen molar-refractivity contribution in [1.82, 2.24) is 5.32 Å². The van der Waals surface area contributed by atoms with E-state index in [-0.39, 0.29) is 0 Å². The summed E-state index contributed by atoms with van der Waals surface area (Å²) in [5.41, 5.74) is 1.05. The normalized spacial score (nSPS) is 10.9. The summed E-state index contributed by atoms with van der Waals surface area (Å²) in [6.45, 7) is 0.941. The van der Waals surface area contributed by atoms with Gasteiger partial charge in [0.25, 0.3) is 11.8 Å². The molecule has 2 rings (SSSR count). The van der Waals surface area contributed by atoms with Crippen LogP contribution in [0, 0.1) is 11.3 Å². The van der Waals surface area contributed by atoms with Gasteiger partial charge in [0.1, 0.15) is 12.1 Å². The van der Waals surface area contributed by atoms with Crippen LogP contribution >= 0.6 is 0 Å². The van der Waals surface area contributed by atoms with Crippen LogP contribution in [-0.4, -0.2) is 30.4 Å². The van der Waals surface area contributed by atoms with Crippen LogP contribution < -0.4 is 10.6 Å². The van der Waals surface area contributed by atoms with Crippen molar-refractivity contribution in [3.8, 4) is 6.07 Å². The van der Waals surface area contributed by atoms with Crippen LogP contribution in [0.1, 0.15) is 22.8 Å². The number of hydrogen-bond acceptors (Lipinski definition) is 5. The first-order valence-electron chi connectivity index (χ1n) is 7.83. The molecule has 2 aromatic carbocycles. The average molecular weight is 351 g/mol. The van der Waals surface area contributed by atoms with Crippen molar-refractivity contribution in [2.24, 2.45) is 0 Å². The topological polar surface area (TPSA) is 108 Å². The molecule has 2 aromatic rings. The minimum atomic E-state index is -0.915. The Morgan fingerprint density at radius 2 is 1.73 bits per heavy atom. The average Bonchev–Trinajstić information content (AvgIpc) is 2.67. The van der Waals surface area contributed by atoms with E-state index in [1.165, 1.54) is 6.92 Å². The number of amides is 2. The second kappa shape index (κ2) is 8.99. The first kappa shape index (κ1) is 18.7. The third-order valence-electron chi connectivity index (χ3n) is 3.40. The van der Waals surface area contributed by atoms with E-state index in [4.69, 9.17) is 10.00 Å². The van der Waals surface area contributed by atoms with Gasteiger partial charge in [-0.2, -0.15) is 5.26 Å². The molecule has 0 aliphatic carbocycles. The molecule has 0 aliphatic heterocycles. The lowest BCUT2D eigenvalue weighted by Gasteiger charge is -2.13. The first-order chi connectivity index (χ1) is 12.5. The standard InChI is InChI=1S/C19H17N3O4/c1-13(21-18(24)14-7-3-2-4-8-14)19(25)26-12-17(23)22-16-10-6-5-9-15(16)11-20/h2-10,13H,12H2,1H3,(H,21,24)(H,22,23)/t13-/m0/s1. The van der Waals surface area contributed by atoms with Gasteiger partial charge in [-0.15, -0.1) is 0 Å². The number of para-hydroxylation sites is 1. The van der Waals surface area contributed by atoms with E-state index in [1.807, 2.05) is 6.07 Å². The van der Waals surface area contributed by atoms with Crippen LogP contribution in [0.15, 0.2) is 54.6 Å². The fourth-order valence-electron chi connectivity index (χ4n) is 2.07. The number of carbonyl (C=O) groups excluding carboxylic acids is 3. The Morgan fingerprint density at radius 1 is 1.08 bits per heavy atom. The SMILES string of the molecule is C[C@H](NC(=O)c1ccccc1)C(=O)OCC(=O)Nc1ccccc1C#N. The summed E-state index contributed by atoms with van der Waals surface area (Å²) in [4.78, 5) is 35.8. The highest BCUT2D eigenvalue weighted by atomic mass is 16.5. The van der Waals surface area contributed by atoms with E-state index in [9.17, 15) is 14.4 Å². The first-order valence-corrected chi connectivity index (χ1v) is 7.83. The third kappa shape index (κ3) is 5.18. The second-order valence-electron chi connectivity index (χ2n) is 5.37. The third-order valence-corrected chi connectivity index (χ3v) is 3.40. The Hall–Kier alpha value is -3.66. The minimum Gasteiger partial charge on any atom is -0.454 e. The van der Waals surface area contributed by atoms with Gasteiger partial charge < -0.3 is 15.4 Å². The van der Waals surface area contributed by atoms with Gasteiger partial charge >= 0.3 is 5.97 Å². The molecule has 0 heterocycles. The molecule has 0 aliphatic rings. The fraction of sp³-hybridized carbons (Fsp3) is 0.158. The Kier molecular flexibility index (Phi) is 6.46. The number of carbonyl (C=O) groups is 3. The molecule has 0 aromatic heterocycles. The molecule has 132 valence electrons. The van der Waals surface area contributed by atoms with Gasteiger partial charge in [0.05, 0.1) is 11.3 Å². The second-order valence-corrected chi connectivity index (χ2v) is 5.37. The Bertz CT molecular complexity index is 843. The van der Waals surface area contributed by atoms with E-state index in [0.717, 1.165) is 0 Å². The number of rotatable bonds is 6. The van der Waals surface area contributed by atoms with E-state index in [2.05, 4.69) is 10.6 Å². The number of nitrogens with zero attached hydrogens (tertiary/aromatic N) is 1. The van der Waals surface area contributed by atoms with Crippen molar-refractivity contribution in [3.05, 3.63) is 65.7 Å². The number of benzene rings is 2. The molecule has 0 spiro atoms. The maximum Gasteiger partial charge on any atom is 0.328 e. The summed E-state index contributed by atoms with van der Waals surface area (Å²) >= 11 is 0. The number of nitriles is 1. The van der Waals surface area contributed by atoms with Crippen LogP contribution in [0.4, 0.5) is 5.69 Å². The number of ether oxygens (including phenoxy) is 1. The molecule has 0 saturated heterocycles. The molecule has 7 heteroatoms. The summed E-state index contributed by atoms with van der Waals surface area (Å²) in [5, 5.41) is 14.0. The summed E-state index contributed by atoms with van der Waals surface area (Å²) in [5.74, 6) is -1.73. The Morgan fingerprint density at radius 3 is 2.42 bits per heavy atom. The maximum atomic E-state index is 12.0. The number of hydrogen-bond donors (Lipinski definition) is 2. The molecule has 0 bridgehead atoms. The summed E-state index contributed by atoms with van der Waals surface area (Å²) in [6.07, 6.45) is 0. The molecule has 0 radical (unpaired) electrons. The number of anilines is 1. The Balaban J connectivity index is 1.83. The van der Waals surface area contributed by atoms with E-state index >= 15 is 0 Å². The summed E-state index contributed by atoms with van der Waals surface area (Å²) in [7, 11) is 0. The van der Waals surface area contributed by atoms with Crippen molar-refractivity contribution < 1.29 is 19.1 Å². The van der Waals surface area contributed by atoms with Gasteiger partial charge in [-0.25, -0.2) is 4.79 Å². The molecule has 0 fully saturated rings. The fourth-order valence-corrected chi connectivity index (χ4v) is 2.07. The van der Waals surface area contributed by atoms with Crippen LogP contribution in [-0.2, 0) is 14.3 Å². The molecule has 0 saturated carbocycles. The van der Waals surface area contributed by atoms with Crippen LogP contribution in [0.25, 0.3) is 0 Å². The Labute approximate surface area is 150 Å². The van der Waals surface area contributed by atoms with Crippen molar-refractivity contribution >= 4 is 23.5 Å². The van der Waals surface area contributed by atoms with Gasteiger partial charge in [0.15, 0.2) is 6.61 Å². The monoisotopic (exact) mass is 351 g/mol. The highest BCUT2D eigenvalue weighted by molar-refractivity contribution is 5.97. The van der Waals surface area contributed by atoms with Gasteiger partial charge in [-0.05, 0) is 31.2 Å². The predicted octanol–water partition coefficient (Wildman–Crippen LogP) is 1.86. The smallest absolute Gasteiger partial charge is 0.328 e. The lowest BCUT2D eigenvalue weighted by atomic mass is 10.2. The number of esters is 1. The van der Waals surface area contributed by atoms with Crippen molar-refractivity contribution in [3.63, 3.8) is 0 Å². The van der Waals surface area contributed by atoms with Crippen molar-refractivity contribution in [1.29, 1.82) is 5.26 Å². The maximum absolute atomic E-state index is 12.0. The van der Waals surface area contributed by atoms with Crippen molar-refractivity contribution in [2.75, 3.05) is 11.9 Å². The van der Waals surface area contributed by atoms with Gasteiger partial charge in [0, 0.05) is 5.56 Å². The lowest BCUT2D eigenvalue weighted by Crippen LogP contribution is -2.40. The highest BCUT2D eigenvalue weighted by Crippen LogP contribution is 2.13. The molecule has 0 unspecified atom stereocenters. The van der Waals surface area contributed by atoms with Crippen molar-refractivity contribution in [2.45, 2.75) is 13.0 Å². The van der Waals surface area contributed by atoms with E-state index in [0.29, 0.717) is 16.8 Å². The van der Waals surface area contributed by atoms with Gasteiger partial charge in [-0.1, -0.05) is 30.3 Å². The number of nitrogens with one attached hydrogen (secondary N) is 2. The quantitative estimate of drug-likeness (QED) is 0.772. The van der Waals surface area contributed by atoms with Crippen LogP contribution in [0.5, 0.6) is 0 Å². The van der Waals surface area contributed by atoms with Gasteiger partial charge in [0.2, 0.25) is 0 Å². The molecular formula is C19H17N3O4. The predicted molar refractivity (Wildman–Crippen MR) is 94.1 cm³/mol. The largest absolute Gasteiger partial charge is 0.454 e. The highest BCUT2D eigenvalue weighted by Gasteiger charge is 2.19. The molecule has 26 heavy (non-hydrogen) atoms. The van der Waals surface area contributed by atoms with Gasteiger partial charge in [-0.3, -0.25) is 9.59 Å².